The van der Waals surface area contributed by atoms with Gasteiger partial charge < -0.3 is 15.7 Å². The molecule has 2 heterocycles. The van der Waals surface area contributed by atoms with E-state index in [0.717, 1.165) is 25.0 Å². The van der Waals surface area contributed by atoms with E-state index in [-0.39, 0.29) is 51.8 Å². The standard InChI is InChI=1S/C10H16N2O3S.Pb/c13-8(14)4-2-1-3-7-9-6(5-16-7)11-10(15)12-9;/h6-7,9H,1-5H2,(H,13,14)(H2,11,12,15);/t6-,7-,9-;/m0./s1. The summed E-state index contributed by atoms with van der Waals surface area (Å²) in [7, 11) is 0. The van der Waals surface area contributed by atoms with Gasteiger partial charge in [-0.3, -0.25) is 4.79 Å². The first kappa shape index (κ1) is 15.1. The average molecular weight is 452 g/mol. The summed E-state index contributed by atoms with van der Waals surface area (Å²) >= 11 is 1.87. The number of fused-ring (bicyclic) bond motifs is 1. The number of amides is 2. The monoisotopic (exact) mass is 452 g/mol. The predicted octanol–water partition coefficient (Wildman–Crippen LogP) is 0.416. The van der Waals surface area contributed by atoms with Crippen LogP contribution in [0.3, 0.4) is 0 Å². The van der Waals surface area contributed by atoms with Crippen molar-refractivity contribution >= 4 is 51.1 Å². The summed E-state index contributed by atoms with van der Waals surface area (Å²) in [6.07, 6.45) is 2.88. The zero-order valence-corrected chi connectivity index (χ0v) is 14.1. The van der Waals surface area contributed by atoms with Gasteiger partial charge in [-0.1, -0.05) is 6.42 Å². The summed E-state index contributed by atoms with van der Waals surface area (Å²) in [5, 5.41) is 14.8. The normalized spacial score (nSPS) is 30.1. The van der Waals surface area contributed by atoms with Gasteiger partial charge in [0.2, 0.25) is 0 Å². The Kier molecular flexibility index (Phi) is 6.04. The number of rotatable bonds is 5. The molecule has 0 unspecified atom stereocenters. The van der Waals surface area contributed by atoms with E-state index < -0.39 is 5.97 Å². The predicted molar refractivity (Wildman–Crippen MR) is 67.3 cm³/mol. The summed E-state index contributed by atoms with van der Waals surface area (Å²) in [6.45, 7) is 0. The third-order valence-electron chi connectivity index (χ3n) is 3.07. The maximum atomic E-state index is 11.1. The molecular weight excluding hydrogens is 435 g/mol. The van der Waals surface area contributed by atoms with Crippen molar-refractivity contribution in [3.05, 3.63) is 0 Å². The van der Waals surface area contributed by atoms with E-state index in [9.17, 15) is 9.59 Å². The fraction of sp³-hybridized carbons (Fsp3) is 0.800. The van der Waals surface area contributed by atoms with Crippen LogP contribution in [-0.4, -0.2) is 67.5 Å². The van der Waals surface area contributed by atoms with Gasteiger partial charge in [0.15, 0.2) is 0 Å². The molecule has 2 rings (SSSR count). The molecular formula is C10H16N2O3PbS. The van der Waals surface area contributed by atoms with Crippen molar-refractivity contribution in [1.82, 2.24) is 10.6 Å². The van der Waals surface area contributed by atoms with Crippen LogP contribution in [-0.2, 0) is 4.79 Å². The molecule has 3 atom stereocenters. The van der Waals surface area contributed by atoms with E-state index in [2.05, 4.69) is 10.6 Å². The van der Waals surface area contributed by atoms with Crippen LogP contribution >= 0.6 is 11.8 Å². The maximum absolute atomic E-state index is 11.1. The Bertz CT molecular complexity index is 303. The molecule has 5 nitrogen and oxygen atoms in total. The van der Waals surface area contributed by atoms with Gasteiger partial charge in [0.05, 0.1) is 12.1 Å². The largest absolute Gasteiger partial charge is 0.481 e. The van der Waals surface area contributed by atoms with Crippen molar-refractivity contribution < 1.29 is 14.7 Å². The van der Waals surface area contributed by atoms with Gasteiger partial charge in [-0.25, -0.2) is 4.79 Å². The van der Waals surface area contributed by atoms with Crippen LogP contribution in [0.2, 0.25) is 0 Å². The zero-order valence-electron chi connectivity index (χ0n) is 9.44. The molecule has 94 valence electrons. The first-order valence-electron chi connectivity index (χ1n) is 5.57. The second-order valence-corrected chi connectivity index (χ2v) is 5.53. The van der Waals surface area contributed by atoms with E-state index in [1.54, 1.807) is 0 Å². The molecule has 0 saturated carbocycles. The van der Waals surface area contributed by atoms with Crippen molar-refractivity contribution in [2.45, 2.75) is 43.0 Å². The van der Waals surface area contributed by atoms with Gasteiger partial charge in [-0.2, -0.15) is 11.8 Å². The Morgan fingerprint density at radius 1 is 1.41 bits per heavy atom. The molecule has 2 amide bonds. The fourth-order valence-corrected chi connectivity index (χ4v) is 3.81. The molecule has 0 aromatic heterocycles. The number of carbonyl (C=O) groups is 2. The van der Waals surface area contributed by atoms with Crippen molar-refractivity contribution in [1.29, 1.82) is 0 Å². The summed E-state index contributed by atoms with van der Waals surface area (Å²) in [4.78, 5) is 21.5. The number of thioether (sulfide) groups is 1. The van der Waals surface area contributed by atoms with Crippen LogP contribution in [0.5, 0.6) is 0 Å². The van der Waals surface area contributed by atoms with Gasteiger partial charge in [-0.15, -0.1) is 0 Å². The number of unbranched alkanes of at least 4 members (excludes halogenated alkanes) is 1. The smallest absolute Gasteiger partial charge is 0.315 e. The van der Waals surface area contributed by atoms with Gasteiger partial charge in [-0.05, 0) is 12.8 Å². The number of urea groups is 1. The Morgan fingerprint density at radius 2 is 2.18 bits per heavy atom. The third-order valence-corrected chi connectivity index (χ3v) is 4.58. The number of nitrogens with one attached hydrogen (secondary N) is 2. The second-order valence-electron chi connectivity index (χ2n) is 4.26. The van der Waals surface area contributed by atoms with E-state index in [0.29, 0.717) is 5.25 Å². The molecule has 0 aromatic carbocycles. The minimum absolute atomic E-state index is 0. The number of aliphatic carboxylic acids is 1. The number of carboxylic acid groups (broad SMARTS) is 1. The number of hydrogen-bond acceptors (Lipinski definition) is 3. The summed E-state index contributed by atoms with van der Waals surface area (Å²) < 4.78 is 0. The molecule has 2 saturated heterocycles. The van der Waals surface area contributed by atoms with Crippen molar-refractivity contribution in [3.63, 3.8) is 0 Å². The molecule has 2 fully saturated rings. The van der Waals surface area contributed by atoms with E-state index in [1.807, 2.05) is 11.8 Å². The van der Waals surface area contributed by atoms with Crippen molar-refractivity contribution in [2.75, 3.05) is 5.75 Å². The van der Waals surface area contributed by atoms with Crippen LogP contribution in [0.1, 0.15) is 25.7 Å². The van der Waals surface area contributed by atoms with Gasteiger partial charge >= 0.3 is 12.0 Å². The molecule has 17 heavy (non-hydrogen) atoms. The summed E-state index contributed by atoms with van der Waals surface area (Å²) in [6, 6.07) is 0.440. The molecule has 0 aromatic rings. The zero-order chi connectivity index (χ0) is 11.5. The Morgan fingerprint density at radius 3 is 2.88 bits per heavy atom. The quantitative estimate of drug-likeness (QED) is 0.322. The molecule has 4 radical (unpaired) electrons. The molecule has 7 heteroatoms. The van der Waals surface area contributed by atoms with Gasteiger partial charge in [0.25, 0.3) is 0 Å². The topological polar surface area (TPSA) is 78.4 Å². The Balaban J connectivity index is 0.00000144. The van der Waals surface area contributed by atoms with Crippen molar-refractivity contribution in [2.24, 2.45) is 0 Å². The Hall–Kier alpha value is 0.0121. The number of carbonyl (C=O) groups excluding carboxylic acids is 1. The van der Waals surface area contributed by atoms with E-state index in [4.69, 9.17) is 5.11 Å². The van der Waals surface area contributed by atoms with Crippen LogP contribution in [0, 0.1) is 0 Å². The molecule has 0 aliphatic carbocycles. The van der Waals surface area contributed by atoms with Crippen LogP contribution in [0.25, 0.3) is 0 Å². The Labute approximate surface area is 125 Å². The molecule has 0 spiro atoms. The first-order chi connectivity index (χ1) is 7.66. The molecule has 3 N–H and O–H groups in total. The second kappa shape index (κ2) is 6.81. The van der Waals surface area contributed by atoms with Gasteiger partial charge in [0, 0.05) is 44.7 Å². The summed E-state index contributed by atoms with van der Waals surface area (Å²) in [5.41, 5.74) is 0. The fourth-order valence-electron chi connectivity index (χ4n) is 2.26. The van der Waals surface area contributed by atoms with Crippen molar-refractivity contribution in [3.8, 4) is 0 Å². The van der Waals surface area contributed by atoms with Crippen LogP contribution in [0.4, 0.5) is 4.79 Å². The first-order valence-corrected chi connectivity index (χ1v) is 6.62. The molecule has 0 bridgehead atoms. The number of carboxylic acids is 1. The van der Waals surface area contributed by atoms with E-state index >= 15 is 0 Å². The average Bonchev–Trinajstić information content (AvgIpc) is 2.72. The third kappa shape index (κ3) is 4.01. The minimum Gasteiger partial charge on any atom is -0.481 e. The molecule has 2 aliphatic rings. The van der Waals surface area contributed by atoms with Crippen LogP contribution < -0.4 is 10.6 Å². The summed E-state index contributed by atoms with van der Waals surface area (Å²) in [5.74, 6) is 0.236. The number of hydrogen-bond donors (Lipinski definition) is 3. The SMILES string of the molecule is O=C(O)CCCC[C@@H]1SC[C@@H]2NC(=O)N[C@@H]21.[Pb]. The maximum Gasteiger partial charge on any atom is 0.315 e. The van der Waals surface area contributed by atoms with Crippen LogP contribution in [0.15, 0.2) is 0 Å². The van der Waals surface area contributed by atoms with Gasteiger partial charge in [0.1, 0.15) is 0 Å². The minimum atomic E-state index is -0.729. The molecule has 2 aliphatic heterocycles. The van der Waals surface area contributed by atoms with E-state index in [1.165, 1.54) is 0 Å².